The number of imide groups is 2. The highest BCUT2D eigenvalue weighted by molar-refractivity contribution is 8.67. The molecular weight excluding hydrogens is 654 g/mol. The molecule has 10 nitrogen and oxygen atoms in total. The van der Waals surface area contributed by atoms with Gasteiger partial charge in [0.2, 0.25) is 5.69 Å². The van der Waals surface area contributed by atoms with Gasteiger partial charge >= 0.3 is 12.4 Å². The lowest BCUT2D eigenvalue weighted by Crippen LogP contribution is -2.34. The molecule has 0 saturated heterocycles. The molecule has 0 bridgehead atoms. The van der Waals surface area contributed by atoms with Gasteiger partial charge in [-0.15, -0.1) is 13.2 Å². The number of nitrogens with zero attached hydrogens (tertiary/aromatic N) is 1. The molecule has 0 saturated carbocycles. The van der Waals surface area contributed by atoms with Crippen LogP contribution in [0.15, 0.2) is 72.8 Å². The topological polar surface area (TPSA) is 123 Å². The first-order chi connectivity index (χ1) is 20.3. The molecule has 1 heterocycles. The molecule has 2 N–H and O–H groups in total. The van der Waals surface area contributed by atoms with Crippen LogP contribution in [0.1, 0.15) is 31.1 Å². The number of ether oxygens (including phenoxy) is 1. The van der Waals surface area contributed by atoms with Gasteiger partial charge in [-0.2, -0.15) is 0 Å². The van der Waals surface area contributed by atoms with Gasteiger partial charge in [-0.05, 0) is 71.7 Å². The Kier molecular flexibility index (Phi) is 11.7. The maximum Gasteiger partial charge on any atom is 0.573 e. The average Bonchev–Trinajstić information content (AvgIpc) is 3.21. The van der Waals surface area contributed by atoms with Gasteiger partial charge in [0.1, 0.15) is 5.75 Å². The second-order valence-electron chi connectivity index (χ2n) is 8.11. The first-order valence-corrected chi connectivity index (χ1v) is 16.4. The molecule has 0 aromatic heterocycles. The van der Waals surface area contributed by atoms with Crippen LogP contribution >= 0.6 is 28.7 Å². The van der Waals surface area contributed by atoms with E-state index in [1.165, 1.54) is 38.5 Å². The van der Waals surface area contributed by atoms with E-state index in [-0.39, 0.29) is 34.0 Å². The molecule has 3 aromatic carbocycles. The van der Waals surface area contributed by atoms with Gasteiger partial charge < -0.3 is 19.1 Å². The highest BCUT2D eigenvalue weighted by Gasteiger charge is 2.36. The Morgan fingerprint density at radius 2 is 1.47 bits per heavy atom. The third-order valence-corrected chi connectivity index (χ3v) is 11.3. The van der Waals surface area contributed by atoms with Crippen LogP contribution in [0.5, 0.6) is 5.75 Å². The number of rotatable bonds is 8. The highest BCUT2D eigenvalue weighted by Crippen LogP contribution is 2.60. The molecule has 5 amide bonds. The average molecular weight is 676 g/mol. The molecule has 0 fully saturated rings. The van der Waals surface area contributed by atoms with E-state index < -0.39 is 29.7 Å². The zero-order valence-corrected chi connectivity index (χ0v) is 25.5. The fourth-order valence-electron chi connectivity index (χ4n) is 3.38. The van der Waals surface area contributed by atoms with E-state index >= 15 is 0 Å². The van der Waals surface area contributed by atoms with E-state index in [1.807, 2.05) is 0 Å². The van der Waals surface area contributed by atoms with Crippen molar-refractivity contribution in [3.63, 3.8) is 0 Å². The van der Waals surface area contributed by atoms with Crippen molar-refractivity contribution in [1.82, 2.24) is 10.2 Å². The zero-order valence-electron chi connectivity index (χ0n) is 22.2. The first-order valence-electron chi connectivity index (χ1n) is 11.8. The molecule has 1 aliphatic heterocycles. The normalized spacial score (nSPS) is 12.7. The molecule has 4 rings (SSSR count). The third kappa shape index (κ3) is 9.51. The maximum atomic E-state index is 12.1. The molecule has 3 aromatic rings. The smallest absolute Gasteiger partial charge is 0.406 e. The van der Waals surface area contributed by atoms with Crippen molar-refractivity contribution < 1.29 is 46.1 Å². The number of fused-ring (bicyclic) bond motifs is 1. The summed E-state index contributed by atoms with van der Waals surface area (Å²) < 4.78 is 50.0. The number of urea groups is 1. The first kappa shape index (κ1) is 34.0. The molecule has 0 aliphatic carbocycles. The highest BCUT2D eigenvalue weighted by atomic mass is 35.5. The lowest BCUT2D eigenvalue weighted by molar-refractivity contribution is -0.274. The third-order valence-electron chi connectivity index (χ3n) is 5.36. The van der Waals surface area contributed by atoms with Gasteiger partial charge in [0.05, 0.1) is 27.6 Å². The minimum Gasteiger partial charge on any atom is -0.406 e. The van der Waals surface area contributed by atoms with Gasteiger partial charge in [0.25, 0.3) is 17.7 Å². The molecule has 0 spiro atoms. The second-order valence-corrected chi connectivity index (χ2v) is 15.0. The fraction of sp³-hybridized carbons (Fsp3) is 0.154. The predicted octanol–water partition coefficient (Wildman–Crippen LogP) is 6.69. The number of nitrogens with one attached hydrogen (secondary N) is 2. The summed E-state index contributed by atoms with van der Waals surface area (Å²) in [5.41, 5.74) is -1.33. The number of carbonyl (C=O) groups excluding carboxylic acids is 4. The van der Waals surface area contributed by atoms with Gasteiger partial charge in [0, 0.05) is 19.9 Å². The van der Waals surface area contributed by atoms with E-state index in [4.69, 9.17) is 32.5 Å². The summed E-state index contributed by atoms with van der Waals surface area (Å²) in [4.78, 5) is 48.9. The summed E-state index contributed by atoms with van der Waals surface area (Å²) >= 11 is 12.2. The molecule has 1 aliphatic rings. The summed E-state index contributed by atoms with van der Waals surface area (Å²) in [5, 5.41) is 4.53. The standard InChI is InChI=1S/C15H10ClF3N2O3.C11H12NO4PS2/c16-12-4-2-1-3-11(12)13(22)21-14(23)20-9-5-7-10(8-6-9)24-15(17,18)19;1-15-17(18,16-2)19-7-12-10(13)8-5-3-4-6-9(8)11(12)14/h1-8H,(H2,20,21,22,23);3-6H,7H2,1-2H3. The molecule has 228 valence electrons. The summed E-state index contributed by atoms with van der Waals surface area (Å²) in [5.74, 6) is -1.62. The predicted molar refractivity (Wildman–Crippen MR) is 159 cm³/mol. The van der Waals surface area contributed by atoms with Crippen LogP contribution in [0.3, 0.4) is 0 Å². The summed E-state index contributed by atoms with van der Waals surface area (Å²) in [7, 11) is 2.92. The number of anilines is 1. The number of hydrogen-bond donors (Lipinski definition) is 2. The Morgan fingerprint density at radius 3 is 1.98 bits per heavy atom. The number of amides is 5. The van der Waals surface area contributed by atoms with Gasteiger partial charge in [-0.3, -0.25) is 24.6 Å². The van der Waals surface area contributed by atoms with Crippen molar-refractivity contribution in [3.05, 3.63) is 94.5 Å². The molecule has 43 heavy (non-hydrogen) atoms. The lowest BCUT2D eigenvalue weighted by atomic mass is 10.1. The second kappa shape index (κ2) is 14.8. The van der Waals surface area contributed by atoms with Gasteiger partial charge in [-0.25, -0.2) is 4.79 Å². The summed E-state index contributed by atoms with van der Waals surface area (Å²) in [6, 6.07) is 16.5. The minimum absolute atomic E-state index is 0.114. The fourth-order valence-corrected chi connectivity index (χ4v) is 6.28. The SMILES string of the molecule is COP(=S)(OC)SCN1C(=O)c2ccccc2C1=O.O=C(NC(=O)c1ccccc1Cl)Nc1ccc(OC(F)(F)F)cc1. The van der Waals surface area contributed by atoms with Crippen molar-refractivity contribution in [2.24, 2.45) is 0 Å². The molecular formula is C26H22ClF3N3O7PS2. The Labute approximate surface area is 257 Å². The maximum absolute atomic E-state index is 12.1. The summed E-state index contributed by atoms with van der Waals surface area (Å²) in [6.45, 7) is 0. The molecule has 0 atom stereocenters. The van der Waals surface area contributed by atoms with Crippen LogP contribution in [-0.4, -0.2) is 55.1 Å². The molecule has 17 heteroatoms. The number of halogens is 4. The van der Waals surface area contributed by atoms with Crippen LogP contribution in [0.25, 0.3) is 0 Å². The van der Waals surface area contributed by atoms with Crippen LogP contribution in [-0.2, 0) is 20.9 Å². The van der Waals surface area contributed by atoms with Gasteiger partial charge in [-0.1, -0.05) is 35.9 Å². The van der Waals surface area contributed by atoms with Gasteiger partial charge in [0.15, 0.2) is 0 Å². The van der Waals surface area contributed by atoms with E-state index in [9.17, 15) is 32.3 Å². The monoisotopic (exact) mass is 675 g/mol. The van der Waals surface area contributed by atoms with E-state index in [2.05, 4.69) is 15.4 Å². The van der Waals surface area contributed by atoms with Crippen LogP contribution in [0, 0.1) is 0 Å². The van der Waals surface area contributed by atoms with Crippen LogP contribution in [0.4, 0.5) is 23.7 Å². The number of alkyl halides is 3. The number of carbonyl (C=O) groups is 4. The molecule has 0 radical (unpaired) electrons. The van der Waals surface area contributed by atoms with E-state index in [1.54, 1.807) is 36.4 Å². The van der Waals surface area contributed by atoms with Crippen LogP contribution < -0.4 is 15.4 Å². The Morgan fingerprint density at radius 1 is 0.930 bits per heavy atom. The van der Waals surface area contributed by atoms with E-state index in [0.29, 0.717) is 11.1 Å². The summed E-state index contributed by atoms with van der Waals surface area (Å²) in [6.07, 6.45) is -4.80. The quantitative estimate of drug-likeness (QED) is 0.199. The van der Waals surface area contributed by atoms with Crippen molar-refractivity contribution in [2.45, 2.75) is 6.36 Å². The van der Waals surface area contributed by atoms with Crippen molar-refractivity contribution >= 4 is 69.9 Å². The van der Waals surface area contributed by atoms with Crippen molar-refractivity contribution in [3.8, 4) is 5.75 Å². The minimum atomic E-state index is -4.80. The van der Waals surface area contributed by atoms with Crippen molar-refractivity contribution in [1.29, 1.82) is 0 Å². The van der Waals surface area contributed by atoms with Crippen LogP contribution in [0.2, 0.25) is 5.02 Å². The van der Waals surface area contributed by atoms with E-state index in [0.717, 1.165) is 28.4 Å². The number of benzene rings is 3. The largest absolute Gasteiger partial charge is 0.573 e. The Bertz CT molecular complexity index is 1520. The Balaban J connectivity index is 0.000000242. The lowest BCUT2D eigenvalue weighted by Gasteiger charge is -2.20. The van der Waals surface area contributed by atoms with Crippen molar-refractivity contribution in [2.75, 3.05) is 25.4 Å². The molecule has 0 unspecified atom stereocenters. The zero-order chi connectivity index (χ0) is 31.8. The Hall–Kier alpha value is -3.46. The number of hydrogen-bond acceptors (Lipinski definition) is 9.